The lowest BCUT2D eigenvalue weighted by atomic mass is 10.0. The van der Waals surface area contributed by atoms with Gasteiger partial charge in [-0.1, -0.05) is 60.7 Å². The van der Waals surface area contributed by atoms with E-state index < -0.39 is 0 Å². The Morgan fingerprint density at radius 2 is 1.31 bits per heavy atom. The summed E-state index contributed by atoms with van der Waals surface area (Å²) in [5.41, 5.74) is 5.04. The number of hydrogen-bond acceptors (Lipinski definition) is 5. The number of fused-ring (bicyclic) bond motifs is 2. The van der Waals surface area contributed by atoms with Gasteiger partial charge in [0.2, 0.25) is 0 Å². The van der Waals surface area contributed by atoms with Crippen molar-refractivity contribution in [2.45, 2.75) is 0 Å². The SMILES string of the molecule is c1ccc2cc(-c3ncnc(-c4ccc(-c5ccnc6ccncc56)cc4)n3)ccc2c1. The predicted molar refractivity (Wildman–Crippen MR) is 127 cm³/mol. The molecule has 3 aromatic heterocycles. The first-order valence-corrected chi connectivity index (χ1v) is 10.3. The smallest absolute Gasteiger partial charge is 0.163 e. The summed E-state index contributed by atoms with van der Waals surface area (Å²) in [4.78, 5) is 22.2. The number of benzene rings is 3. The lowest BCUT2D eigenvalue weighted by molar-refractivity contribution is 1.07. The van der Waals surface area contributed by atoms with Crippen molar-refractivity contribution in [3.05, 3.63) is 104 Å². The van der Waals surface area contributed by atoms with E-state index in [0.29, 0.717) is 11.6 Å². The Kier molecular flexibility index (Phi) is 4.36. The van der Waals surface area contributed by atoms with Gasteiger partial charge in [0.15, 0.2) is 11.6 Å². The molecule has 0 aliphatic rings. The Balaban J connectivity index is 1.36. The molecule has 6 aromatic rings. The van der Waals surface area contributed by atoms with Crippen LogP contribution in [0.2, 0.25) is 0 Å². The van der Waals surface area contributed by atoms with Crippen LogP contribution in [0.5, 0.6) is 0 Å². The van der Waals surface area contributed by atoms with Crippen LogP contribution < -0.4 is 0 Å². The van der Waals surface area contributed by atoms with Crippen molar-refractivity contribution < 1.29 is 0 Å². The molecule has 32 heavy (non-hydrogen) atoms. The van der Waals surface area contributed by atoms with E-state index in [1.54, 1.807) is 12.5 Å². The van der Waals surface area contributed by atoms with Crippen LogP contribution in [-0.4, -0.2) is 24.9 Å². The van der Waals surface area contributed by atoms with E-state index >= 15 is 0 Å². The lowest BCUT2D eigenvalue weighted by Crippen LogP contribution is -1.95. The van der Waals surface area contributed by atoms with Crippen molar-refractivity contribution in [1.29, 1.82) is 0 Å². The van der Waals surface area contributed by atoms with Crippen LogP contribution in [0.3, 0.4) is 0 Å². The molecule has 0 aliphatic heterocycles. The van der Waals surface area contributed by atoms with E-state index in [1.165, 1.54) is 5.39 Å². The van der Waals surface area contributed by atoms with Gasteiger partial charge in [-0.2, -0.15) is 0 Å². The fraction of sp³-hybridized carbons (Fsp3) is 0. The summed E-state index contributed by atoms with van der Waals surface area (Å²) in [5.74, 6) is 1.31. The summed E-state index contributed by atoms with van der Waals surface area (Å²) in [6.45, 7) is 0. The van der Waals surface area contributed by atoms with Crippen molar-refractivity contribution in [2.75, 3.05) is 0 Å². The largest absolute Gasteiger partial charge is 0.264 e. The van der Waals surface area contributed by atoms with E-state index in [2.05, 4.69) is 56.3 Å². The maximum absolute atomic E-state index is 4.73. The molecular formula is C27H17N5. The Morgan fingerprint density at radius 1 is 0.562 bits per heavy atom. The minimum Gasteiger partial charge on any atom is -0.264 e. The first-order valence-electron chi connectivity index (χ1n) is 10.3. The van der Waals surface area contributed by atoms with Gasteiger partial charge in [0.25, 0.3) is 0 Å². The van der Waals surface area contributed by atoms with E-state index in [1.807, 2.05) is 54.9 Å². The Hall–Kier alpha value is -4.51. The van der Waals surface area contributed by atoms with Crippen LogP contribution in [0.1, 0.15) is 0 Å². The highest BCUT2D eigenvalue weighted by Gasteiger charge is 2.09. The normalized spacial score (nSPS) is 11.1. The third-order valence-corrected chi connectivity index (χ3v) is 5.58. The molecule has 0 radical (unpaired) electrons. The number of aromatic nitrogens is 5. The Labute approximate surface area is 184 Å². The van der Waals surface area contributed by atoms with Gasteiger partial charge in [-0.3, -0.25) is 9.97 Å². The molecule has 0 unspecified atom stereocenters. The average Bonchev–Trinajstić information content (AvgIpc) is 2.88. The molecule has 0 N–H and O–H groups in total. The molecule has 5 heteroatoms. The van der Waals surface area contributed by atoms with E-state index in [4.69, 9.17) is 4.98 Å². The van der Waals surface area contributed by atoms with Crippen LogP contribution in [0.15, 0.2) is 104 Å². The molecule has 5 nitrogen and oxygen atoms in total. The predicted octanol–water partition coefficient (Wildman–Crippen LogP) is 5.97. The van der Waals surface area contributed by atoms with Crippen LogP contribution in [0, 0.1) is 0 Å². The van der Waals surface area contributed by atoms with Gasteiger partial charge in [-0.05, 0) is 40.1 Å². The molecule has 0 amide bonds. The Bertz CT molecular complexity index is 1570. The van der Waals surface area contributed by atoms with Gasteiger partial charge in [0, 0.05) is 35.1 Å². The van der Waals surface area contributed by atoms with Crippen LogP contribution in [0.4, 0.5) is 0 Å². The first-order chi connectivity index (χ1) is 15.8. The molecule has 0 fully saturated rings. The summed E-state index contributed by atoms with van der Waals surface area (Å²) in [7, 11) is 0. The number of hydrogen-bond donors (Lipinski definition) is 0. The fourth-order valence-corrected chi connectivity index (χ4v) is 3.94. The summed E-state index contributed by atoms with van der Waals surface area (Å²) in [6.07, 6.45) is 7.01. The summed E-state index contributed by atoms with van der Waals surface area (Å²) in [5, 5.41) is 3.39. The standard InChI is InChI=1S/C27H17N5/c1-2-4-21-15-22(10-5-18(21)3-1)27-31-17-30-26(32-27)20-8-6-19(7-9-20)23-11-14-29-25-12-13-28-16-24(23)25/h1-17H. The van der Waals surface area contributed by atoms with Crippen molar-refractivity contribution in [3.63, 3.8) is 0 Å². The first kappa shape index (κ1) is 18.3. The molecule has 3 aromatic carbocycles. The van der Waals surface area contributed by atoms with Gasteiger partial charge in [0.05, 0.1) is 5.52 Å². The highest BCUT2D eigenvalue weighted by atomic mass is 15.0. The molecule has 0 aliphatic carbocycles. The summed E-state index contributed by atoms with van der Waals surface area (Å²) < 4.78 is 0. The van der Waals surface area contributed by atoms with Gasteiger partial charge < -0.3 is 0 Å². The number of nitrogens with zero attached hydrogens (tertiary/aromatic N) is 5. The fourth-order valence-electron chi connectivity index (χ4n) is 3.94. The summed E-state index contributed by atoms with van der Waals surface area (Å²) >= 11 is 0. The van der Waals surface area contributed by atoms with Crippen LogP contribution in [0.25, 0.3) is 55.6 Å². The van der Waals surface area contributed by atoms with Gasteiger partial charge in [-0.15, -0.1) is 0 Å². The molecule has 150 valence electrons. The van der Waals surface area contributed by atoms with Crippen LogP contribution >= 0.6 is 0 Å². The maximum atomic E-state index is 4.73. The van der Waals surface area contributed by atoms with Gasteiger partial charge in [-0.25, -0.2) is 15.0 Å². The molecular weight excluding hydrogens is 394 g/mol. The summed E-state index contributed by atoms with van der Waals surface area (Å²) in [6, 6.07) is 26.7. The van der Waals surface area contributed by atoms with E-state index in [-0.39, 0.29) is 0 Å². The average molecular weight is 411 g/mol. The molecule has 0 atom stereocenters. The van der Waals surface area contributed by atoms with Gasteiger partial charge >= 0.3 is 0 Å². The number of pyridine rings is 2. The zero-order valence-corrected chi connectivity index (χ0v) is 17.1. The second kappa shape index (κ2) is 7.63. The Morgan fingerprint density at radius 3 is 2.19 bits per heavy atom. The quantitative estimate of drug-likeness (QED) is 0.359. The molecule has 0 bridgehead atoms. The molecule has 0 saturated carbocycles. The van der Waals surface area contributed by atoms with Crippen molar-refractivity contribution in [1.82, 2.24) is 24.9 Å². The highest BCUT2D eigenvalue weighted by Crippen LogP contribution is 2.29. The maximum Gasteiger partial charge on any atom is 0.163 e. The van der Waals surface area contributed by atoms with Crippen molar-refractivity contribution in [2.24, 2.45) is 0 Å². The molecule has 6 rings (SSSR count). The second-order valence-electron chi connectivity index (χ2n) is 7.52. The van der Waals surface area contributed by atoms with Crippen molar-refractivity contribution in [3.8, 4) is 33.9 Å². The topological polar surface area (TPSA) is 64.5 Å². The number of rotatable bonds is 3. The van der Waals surface area contributed by atoms with E-state index in [9.17, 15) is 0 Å². The zero-order chi connectivity index (χ0) is 21.3. The molecule has 3 heterocycles. The lowest BCUT2D eigenvalue weighted by Gasteiger charge is -2.08. The van der Waals surface area contributed by atoms with Crippen LogP contribution in [-0.2, 0) is 0 Å². The zero-order valence-electron chi connectivity index (χ0n) is 17.1. The minimum atomic E-state index is 0.649. The highest BCUT2D eigenvalue weighted by molar-refractivity contribution is 5.93. The second-order valence-corrected chi connectivity index (χ2v) is 7.52. The van der Waals surface area contributed by atoms with Crippen molar-refractivity contribution >= 4 is 21.7 Å². The third kappa shape index (κ3) is 3.26. The monoisotopic (exact) mass is 411 g/mol. The third-order valence-electron chi connectivity index (χ3n) is 5.58. The molecule has 0 spiro atoms. The van der Waals surface area contributed by atoms with E-state index in [0.717, 1.165) is 38.5 Å². The van der Waals surface area contributed by atoms with Gasteiger partial charge in [0.1, 0.15) is 6.33 Å². The minimum absolute atomic E-state index is 0.649. The molecule has 0 saturated heterocycles.